The summed E-state index contributed by atoms with van der Waals surface area (Å²) in [6.45, 7) is 2.06. The average molecular weight is 455 g/mol. The van der Waals surface area contributed by atoms with Gasteiger partial charge in [0, 0.05) is 17.0 Å². The van der Waals surface area contributed by atoms with Crippen LogP contribution in [0.5, 0.6) is 0 Å². The molecule has 0 saturated heterocycles. The van der Waals surface area contributed by atoms with Crippen molar-refractivity contribution in [3.63, 3.8) is 0 Å². The minimum Gasteiger partial charge on any atom is -0.465 e. The van der Waals surface area contributed by atoms with Crippen LogP contribution in [0.3, 0.4) is 0 Å². The number of thiocarbonyl (C=S) groups is 1. The maximum Gasteiger partial charge on any atom is 0.340 e. The van der Waals surface area contributed by atoms with Gasteiger partial charge in [-0.1, -0.05) is 36.4 Å². The van der Waals surface area contributed by atoms with E-state index in [0.29, 0.717) is 40.0 Å². The number of carbonyl (C=O) groups excluding carboxylic acids is 2. The Morgan fingerprint density at radius 1 is 1.00 bits per heavy atom. The molecule has 0 atom stereocenters. The number of carbonyl (C=O) groups is 2. The van der Waals surface area contributed by atoms with Crippen molar-refractivity contribution in [3.05, 3.63) is 82.2 Å². The molecular weight excluding hydrogens is 432 g/mol. The van der Waals surface area contributed by atoms with E-state index in [1.54, 1.807) is 31.2 Å². The quantitative estimate of drug-likeness (QED) is 0.379. The molecule has 0 aliphatic carbocycles. The standard InChI is InChI=1S/C23H22N2O4S2/c1-3-29-21(26)16-10-7-11-17(13-16)24-23(30)25-20-19(22(27)28-2)14-18(31-20)12-15-8-5-4-6-9-15/h4-11,13-14H,3,12H2,1-2H3,(H2,24,25,30). The van der Waals surface area contributed by atoms with Gasteiger partial charge in [-0.05, 0) is 49.0 Å². The first-order valence-electron chi connectivity index (χ1n) is 9.60. The molecule has 3 aromatic rings. The second-order valence-electron chi connectivity index (χ2n) is 6.49. The van der Waals surface area contributed by atoms with E-state index in [4.69, 9.17) is 21.7 Å². The summed E-state index contributed by atoms with van der Waals surface area (Å²) in [5.41, 5.74) is 2.61. The number of esters is 2. The van der Waals surface area contributed by atoms with Crippen molar-refractivity contribution in [2.24, 2.45) is 0 Å². The molecule has 1 heterocycles. The van der Waals surface area contributed by atoms with E-state index in [0.717, 1.165) is 10.4 Å². The molecule has 2 N–H and O–H groups in total. The SMILES string of the molecule is CCOC(=O)c1cccc(NC(=S)Nc2sc(Cc3ccccc3)cc2C(=O)OC)c1. The van der Waals surface area contributed by atoms with Crippen molar-refractivity contribution < 1.29 is 19.1 Å². The van der Waals surface area contributed by atoms with Crippen molar-refractivity contribution in [1.29, 1.82) is 0 Å². The molecule has 6 nitrogen and oxygen atoms in total. The molecule has 0 bridgehead atoms. The number of benzene rings is 2. The number of rotatable bonds is 7. The zero-order valence-electron chi connectivity index (χ0n) is 17.1. The first-order chi connectivity index (χ1) is 15.0. The first kappa shape index (κ1) is 22.5. The molecule has 8 heteroatoms. The third-order valence-electron chi connectivity index (χ3n) is 4.27. The number of hydrogen-bond acceptors (Lipinski definition) is 6. The van der Waals surface area contributed by atoms with Gasteiger partial charge in [-0.15, -0.1) is 11.3 Å². The molecular formula is C23H22N2O4S2. The van der Waals surface area contributed by atoms with Gasteiger partial charge < -0.3 is 20.1 Å². The zero-order chi connectivity index (χ0) is 22.2. The number of ether oxygens (including phenoxy) is 2. The summed E-state index contributed by atoms with van der Waals surface area (Å²) in [6.07, 6.45) is 0.693. The van der Waals surface area contributed by atoms with Gasteiger partial charge in [0.05, 0.1) is 24.8 Å². The summed E-state index contributed by atoms with van der Waals surface area (Å²) in [6, 6.07) is 18.7. The monoisotopic (exact) mass is 454 g/mol. The van der Waals surface area contributed by atoms with E-state index in [1.807, 2.05) is 36.4 Å². The van der Waals surface area contributed by atoms with Gasteiger partial charge in [0.15, 0.2) is 5.11 Å². The molecule has 160 valence electrons. The second-order valence-corrected chi connectivity index (χ2v) is 8.03. The van der Waals surface area contributed by atoms with E-state index in [2.05, 4.69) is 10.6 Å². The Kier molecular flexibility index (Phi) is 7.75. The summed E-state index contributed by atoms with van der Waals surface area (Å²) < 4.78 is 9.94. The van der Waals surface area contributed by atoms with Crippen LogP contribution in [0.4, 0.5) is 10.7 Å². The molecule has 0 fully saturated rings. The summed E-state index contributed by atoms with van der Waals surface area (Å²) in [5.74, 6) is -0.841. The number of anilines is 2. The molecule has 0 radical (unpaired) electrons. The summed E-state index contributed by atoms with van der Waals surface area (Å²) in [5, 5.41) is 7.00. The van der Waals surface area contributed by atoms with Crippen LogP contribution in [0.1, 0.15) is 38.1 Å². The van der Waals surface area contributed by atoms with Gasteiger partial charge >= 0.3 is 11.9 Å². The van der Waals surface area contributed by atoms with E-state index < -0.39 is 11.9 Å². The number of thiophene rings is 1. The van der Waals surface area contributed by atoms with Crippen molar-refractivity contribution >= 4 is 51.3 Å². The van der Waals surface area contributed by atoms with Crippen molar-refractivity contribution in [1.82, 2.24) is 0 Å². The van der Waals surface area contributed by atoms with Gasteiger partial charge in [0.1, 0.15) is 5.00 Å². The second kappa shape index (κ2) is 10.7. The van der Waals surface area contributed by atoms with Crippen LogP contribution >= 0.6 is 23.6 Å². The molecule has 0 amide bonds. The fourth-order valence-electron chi connectivity index (χ4n) is 2.88. The Balaban J connectivity index is 1.75. The number of hydrogen-bond donors (Lipinski definition) is 2. The van der Waals surface area contributed by atoms with Crippen molar-refractivity contribution in [2.45, 2.75) is 13.3 Å². The van der Waals surface area contributed by atoms with E-state index in [9.17, 15) is 9.59 Å². The topological polar surface area (TPSA) is 76.7 Å². The maximum atomic E-state index is 12.3. The van der Waals surface area contributed by atoms with Gasteiger partial charge in [0.2, 0.25) is 0 Å². The smallest absolute Gasteiger partial charge is 0.340 e. The summed E-state index contributed by atoms with van der Waals surface area (Å²) >= 11 is 6.85. The first-order valence-corrected chi connectivity index (χ1v) is 10.8. The van der Waals surface area contributed by atoms with Crippen LogP contribution in [0, 0.1) is 0 Å². The van der Waals surface area contributed by atoms with Crippen LogP contribution in [0.2, 0.25) is 0 Å². The van der Waals surface area contributed by atoms with E-state index in [-0.39, 0.29) is 0 Å². The lowest BCUT2D eigenvalue weighted by Gasteiger charge is -2.11. The lowest BCUT2D eigenvalue weighted by Crippen LogP contribution is -2.20. The molecule has 31 heavy (non-hydrogen) atoms. The maximum absolute atomic E-state index is 12.3. The fraction of sp³-hybridized carbons (Fsp3) is 0.174. The minimum atomic E-state index is -0.440. The lowest BCUT2D eigenvalue weighted by atomic mass is 10.1. The van der Waals surface area contributed by atoms with Crippen molar-refractivity contribution in [3.8, 4) is 0 Å². The van der Waals surface area contributed by atoms with Crippen LogP contribution < -0.4 is 10.6 Å². The predicted molar refractivity (Wildman–Crippen MR) is 127 cm³/mol. The van der Waals surface area contributed by atoms with Crippen molar-refractivity contribution in [2.75, 3.05) is 24.4 Å². The Hall–Kier alpha value is -3.23. The van der Waals surface area contributed by atoms with Crippen LogP contribution in [0.15, 0.2) is 60.7 Å². The largest absolute Gasteiger partial charge is 0.465 e. The highest BCUT2D eigenvalue weighted by Gasteiger charge is 2.18. The van der Waals surface area contributed by atoms with E-state index in [1.165, 1.54) is 18.4 Å². The molecule has 0 aliphatic heterocycles. The third kappa shape index (κ3) is 6.13. The third-order valence-corrected chi connectivity index (χ3v) is 5.52. The van der Waals surface area contributed by atoms with Crippen LogP contribution in [-0.2, 0) is 15.9 Å². The normalized spacial score (nSPS) is 10.3. The molecule has 0 saturated carbocycles. The van der Waals surface area contributed by atoms with Crippen LogP contribution in [0.25, 0.3) is 0 Å². The van der Waals surface area contributed by atoms with Gasteiger partial charge in [-0.25, -0.2) is 9.59 Å². The average Bonchev–Trinajstić information content (AvgIpc) is 3.16. The van der Waals surface area contributed by atoms with Gasteiger partial charge in [-0.2, -0.15) is 0 Å². The highest BCUT2D eigenvalue weighted by molar-refractivity contribution is 7.80. The predicted octanol–water partition coefficient (Wildman–Crippen LogP) is 5.11. The Morgan fingerprint density at radius 3 is 2.48 bits per heavy atom. The van der Waals surface area contributed by atoms with Crippen LogP contribution in [-0.4, -0.2) is 30.8 Å². The van der Waals surface area contributed by atoms with Gasteiger partial charge in [-0.3, -0.25) is 0 Å². The Bertz CT molecular complexity index is 1080. The van der Waals surface area contributed by atoms with Gasteiger partial charge in [0.25, 0.3) is 0 Å². The highest BCUT2D eigenvalue weighted by Crippen LogP contribution is 2.31. The summed E-state index contributed by atoms with van der Waals surface area (Å²) in [7, 11) is 1.35. The number of methoxy groups -OCH3 is 1. The Morgan fingerprint density at radius 2 is 1.77 bits per heavy atom. The highest BCUT2D eigenvalue weighted by atomic mass is 32.1. The molecule has 0 spiro atoms. The minimum absolute atomic E-state index is 0.291. The molecule has 3 rings (SSSR count). The molecule has 1 aromatic heterocycles. The number of nitrogens with one attached hydrogen (secondary N) is 2. The van der Waals surface area contributed by atoms with E-state index >= 15 is 0 Å². The molecule has 0 aliphatic rings. The zero-order valence-corrected chi connectivity index (χ0v) is 18.8. The molecule has 2 aromatic carbocycles. The Labute approximate surface area is 190 Å². The fourth-order valence-corrected chi connectivity index (χ4v) is 4.25. The summed E-state index contributed by atoms with van der Waals surface area (Å²) in [4.78, 5) is 25.2. The molecule has 0 unspecified atom stereocenters. The lowest BCUT2D eigenvalue weighted by molar-refractivity contribution is 0.0525.